The van der Waals surface area contributed by atoms with Crippen molar-refractivity contribution in [2.24, 2.45) is 0 Å². The maximum atomic E-state index is 12.6. The van der Waals surface area contributed by atoms with Gasteiger partial charge in [0, 0.05) is 48.0 Å². The number of aryl methyl sites for hydroxylation is 1. The maximum absolute atomic E-state index is 12.6. The third-order valence-corrected chi connectivity index (χ3v) is 6.05. The smallest absolute Gasteiger partial charge is 0.224 e. The molecule has 1 fully saturated rings. The third kappa shape index (κ3) is 6.31. The van der Waals surface area contributed by atoms with Crippen LogP contribution in [0.1, 0.15) is 12.0 Å². The number of carbonyl (C=O) groups excluding carboxylic acids is 1. The van der Waals surface area contributed by atoms with Crippen LogP contribution in [0.3, 0.4) is 0 Å². The molecule has 2 N–H and O–H groups in total. The highest BCUT2D eigenvalue weighted by molar-refractivity contribution is 6.36. The molecule has 2 aromatic carbocycles. The van der Waals surface area contributed by atoms with E-state index in [-0.39, 0.29) is 37.1 Å². The van der Waals surface area contributed by atoms with Gasteiger partial charge in [0.05, 0.1) is 16.2 Å². The number of nitrogens with one attached hydrogen (secondary N) is 2. The number of amides is 1. The van der Waals surface area contributed by atoms with Gasteiger partial charge in [-0.1, -0.05) is 40.9 Å². The summed E-state index contributed by atoms with van der Waals surface area (Å²) >= 11 is 18.5. The van der Waals surface area contributed by atoms with Gasteiger partial charge in [0.1, 0.15) is 5.82 Å². The minimum atomic E-state index is -0.137. The molecule has 1 saturated heterocycles. The number of pyridine rings is 1. The fourth-order valence-electron chi connectivity index (χ4n) is 3.54. The van der Waals surface area contributed by atoms with Crippen molar-refractivity contribution in [2.75, 3.05) is 36.4 Å². The lowest BCUT2D eigenvalue weighted by atomic mass is 10.1. The lowest BCUT2D eigenvalue weighted by Gasteiger charge is -2.28. The van der Waals surface area contributed by atoms with Gasteiger partial charge in [-0.25, -0.2) is 4.98 Å². The van der Waals surface area contributed by atoms with Gasteiger partial charge in [-0.05, 0) is 48.4 Å². The second kappa shape index (κ2) is 12.1. The molecule has 0 radical (unpaired) electrons. The van der Waals surface area contributed by atoms with E-state index >= 15 is 0 Å². The predicted octanol–water partition coefficient (Wildman–Crippen LogP) is 6.02. The molecule has 1 aliphatic heterocycles. The molecule has 3 aromatic rings. The molecule has 10 heteroatoms. The van der Waals surface area contributed by atoms with Gasteiger partial charge in [-0.3, -0.25) is 4.79 Å². The van der Waals surface area contributed by atoms with Crippen molar-refractivity contribution in [1.29, 1.82) is 0 Å². The molecule has 0 saturated carbocycles. The highest BCUT2D eigenvalue weighted by Gasteiger charge is 2.15. The van der Waals surface area contributed by atoms with Crippen molar-refractivity contribution >= 4 is 87.9 Å². The Hall–Kier alpha value is -1.47. The van der Waals surface area contributed by atoms with Crippen LogP contribution in [0.25, 0.3) is 10.9 Å². The SMILES string of the molecule is Cl.Cl.O=C(CCc1ccc(Cl)cc1Cl)Nc1c(Cl)ccc2nc(N3CCNCC3)ccc12. The molecular formula is C22H23Cl5N4O. The van der Waals surface area contributed by atoms with Crippen LogP contribution in [0.4, 0.5) is 11.5 Å². The van der Waals surface area contributed by atoms with Crippen LogP contribution >= 0.6 is 59.6 Å². The Kier molecular flexibility index (Phi) is 10.1. The topological polar surface area (TPSA) is 57.3 Å². The van der Waals surface area contributed by atoms with Crippen LogP contribution in [-0.4, -0.2) is 37.1 Å². The number of piperazine rings is 1. The Labute approximate surface area is 214 Å². The van der Waals surface area contributed by atoms with E-state index in [0.29, 0.717) is 27.2 Å². The molecule has 0 spiro atoms. The van der Waals surface area contributed by atoms with Crippen molar-refractivity contribution in [3.8, 4) is 0 Å². The average molecular weight is 537 g/mol. The fourth-order valence-corrected chi connectivity index (χ4v) is 4.25. The first kappa shape index (κ1) is 26.8. The molecule has 5 nitrogen and oxygen atoms in total. The quantitative estimate of drug-likeness (QED) is 0.419. The summed E-state index contributed by atoms with van der Waals surface area (Å²) in [6, 6.07) is 12.9. The lowest BCUT2D eigenvalue weighted by Crippen LogP contribution is -2.43. The molecule has 0 aliphatic carbocycles. The van der Waals surface area contributed by atoms with Crippen LogP contribution < -0.4 is 15.5 Å². The first-order chi connectivity index (χ1) is 14.5. The van der Waals surface area contributed by atoms with Gasteiger partial charge in [-0.2, -0.15) is 0 Å². The number of aromatic nitrogens is 1. The monoisotopic (exact) mass is 534 g/mol. The first-order valence-electron chi connectivity index (χ1n) is 9.80. The molecule has 172 valence electrons. The number of rotatable bonds is 5. The zero-order valence-corrected chi connectivity index (χ0v) is 20.9. The molecule has 2 heterocycles. The standard InChI is InChI=1S/C22H21Cl3N4O.2ClH/c23-15-3-1-14(18(25)13-15)2-8-21(30)28-22-16-4-7-20(29-11-9-26-10-12-29)27-19(16)6-5-17(22)24;;/h1,3-7,13,26H,2,8-12H2,(H,28,30);2*1H. The Balaban J connectivity index is 0.00000181. The molecule has 1 amide bonds. The van der Waals surface area contributed by atoms with E-state index in [0.717, 1.165) is 48.5 Å². The summed E-state index contributed by atoms with van der Waals surface area (Å²) in [6.45, 7) is 3.73. The average Bonchev–Trinajstić information content (AvgIpc) is 2.75. The number of hydrogen-bond acceptors (Lipinski definition) is 4. The summed E-state index contributed by atoms with van der Waals surface area (Å²) < 4.78 is 0. The maximum Gasteiger partial charge on any atom is 0.224 e. The molecule has 0 atom stereocenters. The highest BCUT2D eigenvalue weighted by atomic mass is 35.5. The van der Waals surface area contributed by atoms with E-state index in [1.54, 1.807) is 18.2 Å². The number of anilines is 2. The molecular weight excluding hydrogens is 514 g/mol. The summed E-state index contributed by atoms with van der Waals surface area (Å²) in [5.41, 5.74) is 2.26. The van der Waals surface area contributed by atoms with Gasteiger partial charge in [-0.15, -0.1) is 24.8 Å². The summed E-state index contributed by atoms with van der Waals surface area (Å²) in [5, 5.41) is 8.72. The summed E-state index contributed by atoms with van der Waals surface area (Å²) in [7, 11) is 0. The van der Waals surface area contributed by atoms with E-state index in [9.17, 15) is 4.79 Å². The second-order valence-corrected chi connectivity index (χ2v) is 8.43. The van der Waals surface area contributed by atoms with Crippen molar-refractivity contribution in [1.82, 2.24) is 10.3 Å². The van der Waals surface area contributed by atoms with Gasteiger partial charge in [0.25, 0.3) is 0 Å². The van der Waals surface area contributed by atoms with E-state index in [1.165, 1.54) is 0 Å². The summed E-state index contributed by atoms with van der Waals surface area (Å²) in [4.78, 5) is 19.6. The Morgan fingerprint density at radius 3 is 2.47 bits per heavy atom. The predicted molar refractivity (Wildman–Crippen MR) is 140 cm³/mol. The largest absolute Gasteiger partial charge is 0.354 e. The number of halogens is 5. The van der Waals surface area contributed by atoms with Gasteiger partial charge in [0.2, 0.25) is 5.91 Å². The molecule has 32 heavy (non-hydrogen) atoms. The van der Waals surface area contributed by atoms with Gasteiger partial charge < -0.3 is 15.5 Å². The minimum Gasteiger partial charge on any atom is -0.354 e. The number of carbonyl (C=O) groups is 1. The Bertz CT molecular complexity index is 1090. The van der Waals surface area contributed by atoms with Crippen molar-refractivity contribution in [3.05, 3.63) is 63.1 Å². The summed E-state index contributed by atoms with van der Waals surface area (Å²) in [5.74, 6) is 0.794. The van der Waals surface area contributed by atoms with Crippen LogP contribution in [0, 0.1) is 0 Å². The van der Waals surface area contributed by atoms with Crippen LogP contribution in [0.2, 0.25) is 15.1 Å². The number of nitrogens with zero attached hydrogens (tertiary/aromatic N) is 2. The number of benzene rings is 2. The lowest BCUT2D eigenvalue weighted by molar-refractivity contribution is -0.116. The van der Waals surface area contributed by atoms with Gasteiger partial charge >= 0.3 is 0 Å². The first-order valence-corrected chi connectivity index (χ1v) is 10.9. The van der Waals surface area contributed by atoms with Gasteiger partial charge in [0.15, 0.2) is 0 Å². The van der Waals surface area contributed by atoms with Crippen LogP contribution in [0.5, 0.6) is 0 Å². The minimum absolute atomic E-state index is 0. The van der Waals surface area contributed by atoms with Crippen LogP contribution in [-0.2, 0) is 11.2 Å². The van der Waals surface area contributed by atoms with Crippen molar-refractivity contribution in [2.45, 2.75) is 12.8 Å². The van der Waals surface area contributed by atoms with Crippen molar-refractivity contribution in [3.63, 3.8) is 0 Å². The Morgan fingerprint density at radius 2 is 1.75 bits per heavy atom. The van der Waals surface area contributed by atoms with Crippen LogP contribution in [0.15, 0.2) is 42.5 Å². The molecule has 1 aliphatic rings. The highest BCUT2D eigenvalue weighted by Crippen LogP contribution is 2.32. The number of hydrogen-bond donors (Lipinski definition) is 2. The van der Waals surface area contributed by atoms with E-state index in [2.05, 4.69) is 15.5 Å². The fraction of sp³-hybridized carbons (Fsp3) is 0.273. The summed E-state index contributed by atoms with van der Waals surface area (Å²) in [6.07, 6.45) is 0.788. The van der Waals surface area contributed by atoms with E-state index in [1.807, 2.05) is 24.3 Å². The molecule has 1 aromatic heterocycles. The molecule has 0 unspecified atom stereocenters. The third-order valence-electron chi connectivity index (χ3n) is 5.15. The molecule has 0 bridgehead atoms. The zero-order valence-electron chi connectivity index (χ0n) is 17.0. The molecule has 4 rings (SSSR count). The Morgan fingerprint density at radius 1 is 1.00 bits per heavy atom. The number of fused-ring (bicyclic) bond motifs is 1. The van der Waals surface area contributed by atoms with E-state index < -0.39 is 0 Å². The second-order valence-electron chi connectivity index (χ2n) is 7.18. The van der Waals surface area contributed by atoms with Crippen molar-refractivity contribution < 1.29 is 4.79 Å². The van der Waals surface area contributed by atoms with E-state index in [4.69, 9.17) is 39.8 Å². The normalized spacial score (nSPS) is 13.3. The zero-order chi connectivity index (χ0) is 21.1.